The molecule has 0 atom stereocenters. The third-order valence-electron chi connectivity index (χ3n) is 2.37. The van der Waals surface area contributed by atoms with Gasteiger partial charge in [0.1, 0.15) is 0 Å². The van der Waals surface area contributed by atoms with E-state index in [1.54, 1.807) is 24.3 Å². The van der Waals surface area contributed by atoms with Gasteiger partial charge in [-0.15, -0.1) is 5.10 Å². The zero-order chi connectivity index (χ0) is 13.1. The van der Waals surface area contributed by atoms with Crippen molar-refractivity contribution in [3.8, 4) is 5.88 Å². The van der Waals surface area contributed by atoms with Gasteiger partial charge in [-0.3, -0.25) is 9.36 Å². The Morgan fingerprint density at radius 3 is 2.61 bits per heavy atom. The summed E-state index contributed by atoms with van der Waals surface area (Å²) in [5.74, 6) is -0.149. The first-order valence-corrected chi connectivity index (χ1v) is 5.47. The summed E-state index contributed by atoms with van der Waals surface area (Å²) in [4.78, 5) is 23.4. The van der Waals surface area contributed by atoms with E-state index in [1.165, 1.54) is 7.11 Å². The fourth-order valence-electron chi connectivity index (χ4n) is 1.46. The van der Waals surface area contributed by atoms with Crippen LogP contribution in [0, 0.1) is 0 Å². The summed E-state index contributed by atoms with van der Waals surface area (Å²) in [5.41, 5.74) is -0.382. The average Bonchev–Trinajstić information content (AvgIpc) is 2.37. The van der Waals surface area contributed by atoms with E-state index in [0.29, 0.717) is 5.02 Å². The molecule has 2 rings (SSSR count). The average molecular weight is 268 g/mol. The minimum Gasteiger partial charge on any atom is -0.476 e. The van der Waals surface area contributed by atoms with E-state index in [4.69, 9.17) is 16.3 Å². The summed E-state index contributed by atoms with van der Waals surface area (Å²) >= 11 is 5.76. The van der Waals surface area contributed by atoms with Gasteiger partial charge in [0.15, 0.2) is 0 Å². The monoisotopic (exact) mass is 267 g/mol. The second kappa shape index (κ2) is 5.05. The van der Waals surface area contributed by atoms with E-state index in [9.17, 15) is 9.59 Å². The molecule has 6 nitrogen and oxygen atoms in total. The molecule has 1 aromatic carbocycles. The minimum absolute atomic E-state index is 0.129. The summed E-state index contributed by atoms with van der Waals surface area (Å²) in [7, 11) is 1.31. The Kier molecular flexibility index (Phi) is 3.47. The number of ether oxygens (including phenoxy) is 1. The van der Waals surface area contributed by atoms with E-state index >= 15 is 0 Å². The molecule has 1 heterocycles. The highest BCUT2D eigenvalue weighted by Gasteiger charge is 2.09. The Balaban J connectivity index is 2.43. The molecule has 0 radical (unpaired) electrons. The SMILES string of the molecule is COc1n[nH]c(=O)n(Cc2ccc(Cl)cc2)c1=O. The van der Waals surface area contributed by atoms with Gasteiger partial charge in [0, 0.05) is 5.02 Å². The first-order chi connectivity index (χ1) is 8.61. The molecule has 7 heteroatoms. The number of nitrogens with one attached hydrogen (secondary N) is 1. The number of methoxy groups -OCH3 is 1. The van der Waals surface area contributed by atoms with E-state index in [0.717, 1.165) is 10.1 Å². The lowest BCUT2D eigenvalue weighted by molar-refractivity contribution is 0.375. The number of benzene rings is 1. The van der Waals surface area contributed by atoms with Crippen LogP contribution in [-0.4, -0.2) is 21.9 Å². The van der Waals surface area contributed by atoms with Crippen molar-refractivity contribution < 1.29 is 4.74 Å². The van der Waals surface area contributed by atoms with Crippen LogP contribution in [0.3, 0.4) is 0 Å². The number of rotatable bonds is 3. The Hall–Kier alpha value is -2.08. The Labute approximate surface area is 107 Å². The number of hydrogen-bond acceptors (Lipinski definition) is 4. The number of aromatic nitrogens is 3. The van der Waals surface area contributed by atoms with Gasteiger partial charge in [0.2, 0.25) is 0 Å². The fraction of sp³-hybridized carbons (Fsp3) is 0.182. The predicted molar refractivity (Wildman–Crippen MR) is 66.2 cm³/mol. The molecule has 0 aliphatic carbocycles. The molecular weight excluding hydrogens is 258 g/mol. The molecule has 18 heavy (non-hydrogen) atoms. The van der Waals surface area contributed by atoms with E-state index in [2.05, 4.69) is 10.2 Å². The molecule has 0 aliphatic heterocycles. The van der Waals surface area contributed by atoms with Crippen LogP contribution in [0.4, 0.5) is 0 Å². The van der Waals surface area contributed by atoms with Crippen LogP contribution >= 0.6 is 11.6 Å². The maximum Gasteiger partial charge on any atom is 0.345 e. The van der Waals surface area contributed by atoms with Crippen LogP contribution in [0.25, 0.3) is 0 Å². The van der Waals surface area contributed by atoms with Crippen molar-refractivity contribution >= 4 is 11.6 Å². The Bertz CT molecular complexity index is 660. The zero-order valence-corrected chi connectivity index (χ0v) is 10.3. The van der Waals surface area contributed by atoms with Crippen LogP contribution in [0.15, 0.2) is 33.9 Å². The standard InChI is InChI=1S/C11H10ClN3O3/c1-18-9-10(16)15(11(17)14-13-9)6-7-2-4-8(12)5-3-7/h2-5H,6H2,1H3,(H,14,17). The van der Waals surface area contributed by atoms with Gasteiger partial charge in [0.05, 0.1) is 13.7 Å². The smallest absolute Gasteiger partial charge is 0.345 e. The fourth-order valence-corrected chi connectivity index (χ4v) is 1.59. The van der Waals surface area contributed by atoms with Crippen molar-refractivity contribution in [2.24, 2.45) is 0 Å². The van der Waals surface area contributed by atoms with Gasteiger partial charge in [0.25, 0.3) is 5.88 Å². The quantitative estimate of drug-likeness (QED) is 0.885. The van der Waals surface area contributed by atoms with Crippen molar-refractivity contribution in [3.63, 3.8) is 0 Å². The van der Waals surface area contributed by atoms with E-state index in [1.807, 2.05) is 0 Å². The molecule has 94 valence electrons. The van der Waals surface area contributed by atoms with Gasteiger partial charge in [-0.1, -0.05) is 23.7 Å². The van der Waals surface area contributed by atoms with Crippen molar-refractivity contribution in [2.75, 3.05) is 7.11 Å². The highest BCUT2D eigenvalue weighted by molar-refractivity contribution is 6.30. The first-order valence-electron chi connectivity index (χ1n) is 5.10. The van der Waals surface area contributed by atoms with Crippen molar-refractivity contribution in [2.45, 2.75) is 6.54 Å². The molecule has 0 aliphatic rings. The molecule has 0 fully saturated rings. The van der Waals surface area contributed by atoms with Gasteiger partial charge >= 0.3 is 11.2 Å². The first kappa shape index (κ1) is 12.4. The molecule has 0 unspecified atom stereocenters. The number of halogens is 1. The van der Waals surface area contributed by atoms with Crippen LogP contribution in [-0.2, 0) is 6.54 Å². The number of aromatic amines is 1. The third kappa shape index (κ3) is 2.43. The molecule has 1 N–H and O–H groups in total. The van der Waals surface area contributed by atoms with Gasteiger partial charge < -0.3 is 4.74 Å². The number of H-pyrrole nitrogens is 1. The van der Waals surface area contributed by atoms with E-state index < -0.39 is 11.2 Å². The summed E-state index contributed by atoms with van der Waals surface area (Å²) in [6.45, 7) is 0.129. The van der Waals surface area contributed by atoms with Crippen LogP contribution in [0.5, 0.6) is 5.88 Å². The molecule has 1 aromatic heterocycles. The molecule has 2 aromatic rings. The summed E-state index contributed by atoms with van der Waals surface area (Å²) in [6.07, 6.45) is 0. The van der Waals surface area contributed by atoms with Crippen LogP contribution in [0.2, 0.25) is 5.02 Å². The summed E-state index contributed by atoms with van der Waals surface area (Å²) in [6, 6.07) is 6.85. The second-order valence-corrected chi connectivity index (χ2v) is 3.99. The highest BCUT2D eigenvalue weighted by Crippen LogP contribution is 2.09. The van der Waals surface area contributed by atoms with Crippen LogP contribution < -0.4 is 16.0 Å². The normalized spacial score (nSPS) is 10.3. The lowest BCUT2D eigenvalue weighted by atomic mass is 10.2. The van der Waals surface area contributed by atoms with Crippen molar-refractivity contribution in [1.29, 1.82) is 0 Å². The van der Waals surface area contributed by atoms with Gasteiger partial charge in [-0.05, 0) is 17.7 Å². The molecular formula is C11H10ClN3O3. The molecule has 0 amide bonds. The Morgan fingerprint density at radius 2 is 2.00 bits per heavy atom. The number of nitrogens with zero attached hydrogens (tertiary/aromatic N) is 2. The van der Waals surface area contributed by atoms with Crippen LogP contribution in [0.1, 0.15) is 5.56 Å². The van der Waals surface area contributed by atoms with Crippen molar-refractivity contribution in [3.05, 3.63) is 55.7 Å². The Morgan fingerprint density at radius 1 is 1.33 bits per heavy atom. The summed E-state index contributed by atoms with van der Waals surface area (Å²) in [5, 5.41) is 6.29. The van der Waals surface area contributed by atoms with E-state index in [-0.39, 0.29) is 12.4 Å². The molecule has 0 saturated carbocycles. The summed E-state index contributed by atoms with van der Waals surface area (Å²) < 4.78 is 5.77. The minimum atomic E-state index is -0.587. The molecule has 0 spiro atoms. The maximum absolute atomic E-state index is 11.8. The zero-order valence-electron chi connectivity index (χ0n) is 9.51. The third-order valence-corrected chi connectivity index (χ3v) is 2.63. The lowest BCUT2D eigenvalue weighted by Crippen LogP contribution is -2.36. The highest BCUT2D eigenvalue weighted by atomic mass is 35.5. The predicted octanol–water partition coefficient (Wildman–Crippen LogP) is 0.642. The van der Waals surface area contributed by atoms with Crippen molar-refractivity contribution in [1.82, 2.24) is 14.8 Å². The van der Waals surface area contributed by atoms with Gasteiger partial charge in [-0.25, -0.2) is 9.89 Å². The topological polar surface area (TPSA) is 77.0 Å². The largest absolute Gasteiger partial charge is 0.476 e. The lowest BCUT2D eigenvalue weighted by Gasteiger charge is -2.05. The maximum atomic E-state index is 11.8. The van der Waals surface area contributed by atoms with Gasteiger partial charge in [-0.2, -0.15) is 0 Å². The second-order valence-electron chi connectivity index (χ2n) is 3.56. The molecule has 0 saturated heterocycles. The molecule has 0 bridgehead atoms. The number of hydrogen-bond donors (Lipinski definition) is 1.